The molecule has 0 aliphatic carbocycles. The molecule has 2 aromatic rings. The van der Waals surface area contributed by atoms with Gasteiger partial charge in [-0.1, -0.05) is 23.9 Å². The number of carbonyl (C=O) groups is 2. The Labute approximate surface area is 179 Å². The van der Waals surface area contributed by atoms with E-state index in [9.17, 15) is 9.59 Å². The molecule has 162 valence electrons. The first-order chi connectivity index (χ1) is 14.5. The molecule has 10 heteroatoms. The van der Waals surface area contributed by atoms with Crippen LogP contribution in [-0.4, -0.2) is 70.5 Å². The smallest absolute Gasteiger partial charge is 0.409 e. The number of hydrogen-bond acceptors (Lipinski definition) is 8. The normalized spacial score (nSPS) is 14.0. The van der Waals surface area contributed by atoms with Gasteiger partial charge in [0, 0.05) is 26.2 Å². The van der Waals surface area contributed by atoms with Crippen molar-refractivity contribution in [2.75, 3.05) is 38.5 Å². The Hall–Kier alpha value is -2.75. The van der Waals surface area contributed by atoms with Gasteiger partial charge in [0.15, 0.2) is 6.61 Å². The molecular weight excluding hydrogens is 408 g/mol. The zero-order chi connectivity index (χ0) is 21.5. The first-order valence-corrected chi connectivity index (χ1v) is 10.8. The van der Waals surface area contributed by atoms with Crippen molar-refractivity contribution in [2.45, 2.75) is 32.6 Å². The van der Waals surface area contributed by atoms with Crippen molar-refractivity contribution in [1.82, 2.24) is 20.0 Å². The van der Waals surface area contributed by atoms with Crippen molar-refractivity contribution in [2.24, 2.45) is 0 Å². The molecule has 0 unspecified atom stereocenters. The van der Waals surface area contributed by atoms with Gasteiger partial charge in [0.2, 0.25) is 5.91 Å². The van der Waals surface area contributed by atoms with Crippen molar-refractivity contribution in [1.29, 1.82) is 0 Å². The summed E-state index contributed by atoms with van der Waals surface area (Å²) in [5.41, 5.74) is 2.14. The molecule has 1 fully saturated rings. The summed E-state index contributed by atoms with van der Waals surface area (Å²) in [6, 6.07) is 5.98. The molecule has 0 spiro atoms. The average Bonchev–Trinajstić information content (AvgIpc) is 3.21. The van der Waals surface area contributed by atoms with Crippen LogP contribution in [0.1, 0.15) is 23.9 Å². The Bertz CT molecular complexity index is 880. The van der Waals surface area contributed by atoms with Gasteiger partial charge in [-0.2, -0.15) is 0 Å². The van der Waals surface area contributed by atoms with E-state index in [1.807, 2.05) is 32.0 Å². The fourth-order valence-electron chi connectivity index (χ4n) is 2.93. The second kappa shape index (κ2) is 10.3. The number of thioether (sulfide) groups is 1. The monoisotopic (exact) mass is 434 g/mol. The number of hydrogen-bond donors (Lipinski definition) is 0. The van der Waals surface area contributed by atoms with Crippen molar-refractivity contribution < 1.29 is 23.5 Å². The molecule has 2 amide bonds. The fraction of sp³-hybridized carbons (Fsp3) is 0.500. The second-order valence-corrected chi connectivity index (χ2v) is 7.80. The number of nitrogens with zero attached hydrogens (tertiary/aromatic N) is 4. The van der Waals surface area contributed by atoms with Crippen LogP contribution >= 0.6 is 11.8 Å². The van der Waals surface area contributed by atoms with Gasteiger partial charge in [0.05, 0.1) is 12.4 Å². The third kappa shape index (κ3) is 5.88. The lowest BCUT2D eigenvalue weighted by Gasteiger charge is -2.33. The van der Waals surface area contributed by atoms with Crippen LogP contribution in [0.3, 0.4) is 0 Å². The molecule has 1 aromatic heterocycles. The highest BCUT2D eigenvalue weighted by Gasteiger charge is 2.25. The Morgan fingerprint density at radius 3 is 2.60 bits per heavy atom. The summed E-state index contributed by atoms with van der Waals surface area (Å²) in [7, 11) is 0. The minimum absolute atomic E-state index is 0.0325. The molecule has 0 radical (unpaired) electrons. The molecule has 9 nitrogen and oxygen atoms in total. The van der Waals surface area contributed by atoms with Gasteiger partial charge in [-0.25, -0.2) is 4.79 Å². The van der Waals surface area contributed by atoms with Crippen LogP contribution in [0.2, 0.25) is 0 Å². The molecule has 30 heavy (non-hydrogen) atoms. The maximum absolute atomic E-state index is 12.4. The van der Waals surface area contributed by atoms with Gasteiger partial charge in [-0.3, -0.25) is 4.79 Å². The summed E-state index contributed by atoms with van der Waals surface area (Å²) in [4.78, 5) is 27.5. The number of benzene rings is 1. The molecule has 0 atom stereocenters. The topological polar surface area (TPSA) is 98.0 Å². The minimum Gasteiger partial charge on any atom is -0.484 e. The van der Waals surface area contributed by atoms with E-state index >= 15 is 0 Å². The zero-order valence-electron chi connectivity index (χ0n) is 17.4. The highest BCUT2D eigenvalue weighted by Crippen LogP contribution is 2.22. The summed E-state index contributed by atoms with van der Waals surface area (Å²) in [6.07, 6.45) is -0.333. The predicted octanol–water partition coefficient (Wildman–Crippen LogP) is 2.66. The molecule has 0 N–H and O–H groups in total. The molecule has 3 rings (SSSR count). The second-order valence-electron chi connectivity index (χ2n) is 6.87. The number of aryl methyl sites for hydroxylation is 2. The number of aromatic nitrogens is 2. The molecule has 2 heterocycles. The van der Waals surface area contributed by atoms with E-state index < -0.39 is 0 Å². The van der Waals surface area contributed by atoms with Crippen LogP contribution < -0.4 is 4.74 Å². The van der Waals surface area contributed by atoms with Gasteiger partial charge in [0.1, 0.15) is 5.75 Å². The van der Waals surface area contributed by atoms with E-state index in [1.165, 1.54) is 11.8 Å². The van der Waals surface area contributed by atoms with Crippen molar-refractivity contribution in [3.63, 3.8) is 0 Å². The standard InChI is InChI=1S/C20H26N4O5S/c1-4-27-20(26)24-9-7-23(8-10-24)18(25)13-30-19-22-21-17(29-19)12-28-16-11-14(2)5-6-15(16)3/h5-6,11H,4,7-10,12-13H2,1-3H3. The van der Waals surface area contributed by atoms with E-state index in [-0.39, 0.29) is 24.4 Å². The summed E-state index contributed by atoms with van der Waals surface area (Å²) in [5.74, 6) is 1.29. The Balaban J connectivity index is 1.42. The Kier molecular flexibility index (Phi) is 7.56. The number of piperazine rings is 1. The van der Waals surface area contributed by atoms with Gasteiger partial charge in [-0.15, -0.1) is 10.2 Å². The lowest BCUT2D eigenvalue weighted by Crippen LogP contribution is -2.51. The van der Waals surface area contributed by atoms with E-state index in [0.29, 0.717) is 43.9 Å². The summed E-state index contributed by atoms with van der Waals surface area (Å²) < 4.78 is 16.3. The average molecular weight is 435 g/mol. The van der Waals surface area contributed by atoms with E-state index in [4.69, 9.17) is 13.9 Å². The Morgan fingerprint density at radius 1 is 1.13 bits per heavy atom. The van der Waals surface area contributed by atoms with Gasteiger partial charge < -0.3 is 23.7 Å². The third-order valence-corrected chi connectivity index (χ3v) is 5.42. The number of amides is 2. The van der Waals surface area contributed by atoms with Crippen molar-refractivity contribution >= 4 is 23.8 Å². The van der Waals surface area contributed by atoms with Crippen LogP contribution in [0, 0.1) is 13.8 Å². The highest BCUT2D eigenvalue weighted by atomic mass is 32.2. The molecule has 1 saturated heterocycles. The SMILES string of the molecule is CCOC(=O)N1CCN(C(=O)CSc2nnc(COc3cc(C)ccc3C)o2)CC1. The van der Waals surface area contributed by atoms with Crippen LogP contribution in [0.15, 0.2) is 27.8 Å². The molecule has 1 aliphatic heterocycles. The number of carbonyl (C=O) groups excluding carboxylic acids is 2. The zero-order valence-corrected chi connectivity index (χ0v) is 18.2. The summed E-state index contributed by atoms with van der Waals surface area (Å²) in [6.45, 7) is 8.16. The first kappa shape index (κ1) is 21.9. The molecule has 0 bridgehead atoms. The van der Waals surface area contributed by atoms with Crippen molar-refractivity contribution in [3.8, 4) is 5.75 Å². The maximum Gasteiger partial charge on any atom is 0.409 e. The number of ether oxygens (including phenoxy) is 2. The first-order valence-electron chi connectivity index (χ1n) is 9.81. The summed E-state index contributed by atoms with van der Waals surface area (Å²) in [5, 5.41) is 8.27. The van der Waals surface area contributed by atoms with E-state index in [1.54, 1.807) is 16.7 Å². The largest absolute Gasteiger partial charge is 0.484 e. The minimum atomic E-state index is -0.333. The molecule has 1 aliphatic rings. The van der Waals surface area contributed by atoms with Gasteiger partial charge in [0.25, 0.3) is 11.1 Å². The molecular formula is C20H26N4O5S. The van der Waals surface area contributed by atoms with Crippen LogP contribution in [0.25, 0.3) is 0 Å². The van der Waals surface area contributed by atoms with E-state index in [2.05, 4.69) is 10.2 Å². The van der Waals surface area contributed by atoms with Crippen LogP contribution in [0.4, 0.5) is 4.79 Å². The van der Waals surface area contributed by atoms with Crippen LogP contribution in [0.5, 0.6) is 5.75 Å². The number of rotatable bonds is 7. The quantitative estimate of drug-likeness (QED) is 0.614. The molecule has 0 saturated carbocycles. The Morgan fingerprint density at radius 2 is 1.87 bits per heavy atom. The lowest BCUT2D eigenvalue weighted by molar-refractivity contribution is -0.129. The maximum atomic E-state index is 12.4. The predicted molar refractivity (Wildman–Crippen MR) is 110 cm³/mol. The van der Waals surface area contributed by atoms with E-state index in [0.717, 1.165) is 16.9 Å². The van der Waals surface area contributed by atoms with Gasteiger partial charge in [-0.05, 0) is 38.0 Å². The highest BCUT2D eigenvalue weighted by molar-refractivity contribution is 7.99. The van der Waals surface area contributed by atoms with Crippen molar-refractivity contribution in [3.05, 3.63) is 35.2 Å². The van der Waals surface area contributed by atoms with Gasteiger partial charge >= 0.3 is 6.09 Å². The van der Waals surface area contributed by atoms with Crippen LogP contribution in [-0.2, 0) is 16.1 Å². The lowest BCUT2D eigenvalue weighted by atomic mass is 10.1. The fourth-order valence-corrected chi connectivity index (χ4v) is 3.61. The molecule has 1 aromatic carbocycles. The summed E-state index contributed by atoms with van der Waals surface area (Å²) >= 11 is 1.19. The third-order valence-electron chi connectivity index (χ3n) is 4.62.